The van der Waals surface area contributed by atoms with Crippen molar-refractivity contribution in [1.82, 2.24) is 10.2 Å². The predicted octanol–water partition coefficient (Wildman–Crippen LogP) is 1.85. The fraction of sp³-hybridized carbons (Fsp3) is 0.875. The van der Waals surface area contributed by atoms with Crippen LogP contribution >= 0.6 is 0 Å². The van der Waals surface area contributed by atoms with Gasteiger partial charge in [0.1, 0.15) is 0 Å². The summed E-state index contributed by atoms with van der Waals surface area (Å²) in [5.74, 6) is -0.0143. The monoisotopic (exact) mass is 296 g/mol. The van der Waals surface area contributed by atoms with Crippen LogP contribution in [0.25, 0.3) is 0 Å². The van der Waals surface area contributed by atoms with Crippen LogP contribution < -0.4 is 5.32 Å². The van der Waals surface area contributed by atoms with E-state index < -0.39 is 0 Å². The van der Waals surface area contributed by atoms with E-state index in [2.05, 4.69) is 5.32 Å². The van der Waals surface area contributed by atoms with Gasteiger partial charge in [0.2, 0.25) is 11.8 Å². The standard InChI is InChI=1S/C16H28N2O3/c1-12(9-10-21-2)17-14-11-15(19)18(16(14)20)13-7-5-3-4-6-8-13/h12-14,17H,3-11H2,1-2H3. The van der Waals surface area contributed by atoms with Crippen LogP contribution in [0, 0.1) is 0 Å². The lowest BCUT2D eigenvalue weighted by atomic mass is 10.1. The number of nitrogens with zero attached hydrogens (tertiary/aromatic N) is 1. The van der Waals surface area contributed by atoms with Gasteiger partial charge in [-0.25, -0.2) is 0 Å². The lowest BCUT2D eigenvalue weighted by Gasteiger charge is -2.26. The first-order chi connectivity index (χ1) is 10.1. The molecule has 0 radical (unpaired) electrons. The normalized spacial score (nSPS) is 26.2. The van der Waals surface area contributed by atoms with E-state index in [9.17, 15) is 9.59 Å². The van der Waals surface area contributed by atoms with E-state index >= 15 is 0 Å². The van der Waals surface area contributed by atoms with Crippen molar-refractivity contribution < 1.29 is 14.3 Å². The quantitative estimate of drug-likeness (QED) is 0.600. The van der Waals surface area contributed by atoms with Crippen LogP contribution in [0.1, 0.15) is 58.3 Å². The number of imide groups is 1. The Morgan fingerprint density at radius 3 is 2.52 bits per heavy atom. The molecular weight excluding hydrogens is 268 g/mol. The zero-order chi connectivity index (χ0) is 15.2. The molecule has 5 nitrogen and oxygen atoms in total. The Bertz CT molecular complexity index is 365. The number of ether oxygens (including phenoxy) is 1. The molecule has 5 heteroatoms. The van der Waals surface area contributed by atoms with Crippen molar-refractivity contribution in [2.75, 3.05) is 13.7 Å². The molecule has 2 unspecified atom stereocenters. The van der Waals surface area contributed by atoms with Crippen molar-refractivity contribution in [3.63, 3.8) is 0 Å². The molecule has 2 aliphatic rings. The van der Waals surface area contributed by atoms with Crippen molar-refractivity contribution in [3.8, 4) is 0 Å². The minimum atomic E-state index is -0.340. The molecule has 1 saturated carbocycles. The van der Waals surface area contributed by atoms with Gasteiger partial charge >= 0.3 is 0 Å². The summed E-state index contributed by atoms with van der Waals surface area (Å²) in [4.78, 5) is 26.4. The number of methoxy groups -OCH3 is 1. The molecule has 2 amide bonds. The summed E-state index contributed by atoms with van der Waals surface area (Å²) in [7, 11) is 1.67. The molecule has 2 fully saturated rings. The predicted molar refractivity (Wildman–Crippen MR) is 80.8 cm³/mol. The van der Waals surface area contributed by atoms with E-state index in [1.165, 1.54) is 12.8 Å². The fourth-order valence-electron chi connectivity index (χ4n) is 3.40. The third kappa shape index (κ3) is 4.27. The van der Waals surface area contributed by atoms with Gasteiger partial charge in [0.05, 0.1) is 12.5 Å². The Morgan fingerprint density at radius 1 is 1.24 bits per heavy atom. The van der Waals surface area contributed by atoms with Crippen LogP contribution in [0.4, 0.5) is 0 Å². The topological polar surface area (TPSA) is 58.6 Å². The maximum Gasteiger partial charge on any atom is 0.247 e. The average molecular weight is 296 g/mol. The Morgan fingerprint density at radius 2 is 1.90 bits per heavy atom. The van der Waals surface area contributed by atoms with Crippen LogP contribution in [-0.2, 0) is 14.3 Å². The van der Waals surface area contributed by atoms with Gasteiger partial charge in [0.25, 0.3) is 0 Å². The highest BCUT2D eigenvalue weighted by Crippen LogP contribution is 2.26. The summed E-state index contributed by atoms with van der Waals surface area (Å²) in [5, 5.41) is 3.29. The number of nitrogens with one attached hydrogen (secondary N) is 1. The van der Waals surface area contributed by atoms with Gasteiger partial charge in [-0.3, -0.25) is 14.5 Å². The number of hydrogen-bond acceptors (Lipinski definition) is 4. The molecule has 2 atom stereocenters. The van der Waals surface area contributed by atoms with E-state index in [4.69, 9.17) is 4.74 Å². The molecule has 1 saturated heterocycles. The Labute approximate surface area is 127 Å². The van der Waals surface area contributed by atoms with Gasteiger partial charge in [-0.2, -0.15) is 0 Å². The summed E-state index contributed by atoms with van der Waals surface area (Å²) in [6.07, 6.45) is 7.82. The second-order valence-electron chi connectivity index (χ2n) is 6.35. The van der Waals surface area contributed by atoms with Crippen molar-refractivity contribution in [2.45, 2.75) is 76.4 Å². The molecule has 0 aromatic rings. The highest BCUT2D eigenvalue weighted by Gasteiger charge is 2.42. The van der Waals surface area contributed by atoms with Gasteiger partial charge in [0, 0.05) is 25.8 Å². The molecule has 0 aromatic carbocycles. The van der Waals surface area contributed by atoms with Crippen LogP contribution in [0.2, 0.25) is 0 Å². The Hall–Kier alpha value is -0.940. The molecule has 21 heavy (non-hydrogen) atoms. The second-order valence-corrected chi connectivity index (χ2v) is 6.35. The maximum atomic E-state index is 12.5. The number of hydrogen-bond donors (Lipinski definition) is 1. The smallest absolute Gasteiger partial charge is 0.247 e. The molecular formula is C16H28N2O3. The van der Waals surface area contributed by atoms with Gasteiger partial charge in [-0.05, 0) is 26.2 Å². The molecule has 2 rings (SSSR count). The van der Waals surface area contributed by atoms with Crippen LogP contribution in [-0.4, -0.2) is 48.6 Å². The molecule has 0 aromatic heterocycles. The zero-order valence-electron chi connectivity index (χ0n) is 13.3. The van der Waals surface area contributed by atoms with Crippen LogP contribution in [0.5, 0.6) is 0 Å². The Balaban J connectivity index is 1.92. The average Bonchev–Trinajstić information content (AvgIpc) is 2.66. The lowest BCUT2D eigenvalue weighted by molar-refractivity contribution is -0.141. The Kier molecular flexibility index (Phi) is 6.18. The van der Waals surface area contributed by atoms with Gasteiger partial charge in [-0.1, -0.05) is 25.7 Å². The molecule has 1 aliphatic heterocycles. The minimum absolute atomic E-state index is 0.00309. The highest BCUT2D eigenvalue weighted by molar-refractivity contribution is 6.05. The van der Waals surface area contributed by atoms with Gasteiger partial charge in [-0.15, -0.1) is 0 Å². The van der Waals surface area contributed by atoms with E-state index in [0.29, 0.717) is 13.0 Å². The summed E-state index contributed by atoms with van der Waals surface area (Å²) < 4.78 is 5.05. The molecule has 0 bridgehead atoms. The van der Waals surface area contributed by atoms with Crippen molar-refractivity contribution in [3.05, 3.63) is 0 Å². The van der Waals surface area contributed by atoms with Gasteiger partial charge in [0.15, 0.2) is 0 Å². The molecule has 0 spiro atoms. The largest absolute Gasteiger partial charge is 0.385 e. The van der Waals surface area contributed by atoms with E-state index in [0.717, 1.165) is 32.1 Å². The number of amides is 2. The first-order valence-electron chi connectivity index (χ1n) is 8.24. The molecule has 1 N–H and O–H groups in total. The molecule has 1 aliphatic carbocycles. The van der Waals surface area contributed by atoms with Crippen LogP contribution in [0.3, 0.4) is 0 Å². The third-order valence-corrected chi connectivity index (χ3v) is 4.61. The zero-order valence-corrected chi connectivity index (χ0v) is 13.3. The van der Waals surface area contributed by atoms with E-state index in [1.54, 1.807) is 12.0 Å². The summed E-state index contributed by atoms with van der Waals surface area (Å²) in [6.45, 7) is 2.69. The maximum absolute atomic E-state index is 12.5. The number of carbonyl (C=O) groups is 2. The van der Waals surface area contributed by atoms with Crippen molar-refractivity contribution in [2.24, 2.45) is 0 Å². The summed E-state index contributed by atoms with van der Waals surface area (Å²) >= 11 is 0. The molecule has 1 heterocycles. The highest BCUT2D eigenvalue weighted by atomic mass is 16.5. The summed E-state index contributed by atoms with van der Waals surface area (Å²) in [6, 6.07) is -0.0259. The SMILES string of the molecule is COCCC(C)NC1CC(=O)N(C2CCCCCC2)C1=O. The van der Waals surface area contributed by atoms with Crippen molar-refractivity contribution >= 4 is 11.8 Å². The van der Waals surface area contributed by atoms with Gasteiger partial charge < -0.3 is 10.1 Å². The van der Waals surface area contributed by atoms with Crippen LogP contribution in [0.15, 0.2) is 0 Å². The van der Waals surface area contributed by atoms with E-state index in [1.807, 2.05) is 6.92 Å². The fourth-order valence-corrected chi connectivity index (χ4v) is 3.40. The lowest BCUT2D eigenvalue weighted by Crippen LogP contribution is -2.46. The number of rotatable bonds is 6. The minimum Gasteiger partial charge on any atom is -0.385 e. The third-order valence-electron chi connectivity index (χ3n) is 4.61. The molecule has 120 valence electrons. The second kappa shape index (κ2) is 7.90. The first kappa shape index (κ1) is 16.4. The number of likely N-dealkylation sites (tertiary alicyclic amines) is 1. The summed E-state index contributed by atoms with van der Waals surface area (Å²) in [5.41, 5.74) is 0. The van der Waals surface area contributed by atoms with Crippen molar-refractivity contribution in [1.29, 1.82) is 0 Å². The number of carbonyl (C=O) groups excluding carboxylic acids is 2. The van der Waals surface area contributed by atoms with E-state index in [-0.39, 0.29) is 29.9 Å². The first-order valence-corrected chi connectivity index (χ1v) is 8.24.